The van der Waals surface area contributed by atoms with Crippen LogP contribution in [0.5, 0.6) is 0 Å². The van der Waals surface area contributed by atoms with E-state index in [2.05, 4.69) is 32.8 Å². The minimum Gasteiger partial charge on any atom is -0.269 e. The zero-order valence-electron chi connectivity index (χ0n) is 9.31. The van der Waals surface area contributed by atoms with Crippen molar-refractivity contribution < 1.29 is 0 Å². The van der Waals surface area contributed by atoms with Gasteiger partial charge in [-0.05, 0) is 29.5 Å². The van der Waals surface area contributed by atoms with Crippen LogP contribution in [-0.2, 0) is 13.6 Å². The second-order valence-corrected chi connectivity index (χ2v) is 5.26. The van der Waals surface area contributed by atoms with Crippen LogP contribution in [0.25, 0.3) is 0 Å². The van der Waals surface area contributed by atoms with Crippen molar-refractivity contribution >= 4 is 34.2 Å². The summed E-state index contributed by atoms with van der Waals surface area (Å²) >= 11 is 8.17. The van der Waals surface area contributed by atoms with Gasteiger partial charge in [0.2, 0.25) is 0 Å². The van der Waals surface area contributed by atoms with Gasteiger partial charge in [-0.1, -0.05) is 11.6 Å². The number of halogens is 2. The van der Waals surface area contributed by atoms with E-state index in [1.807, 2.05) is 6.92 Å². The van der Waals surface area contributed by atoms with Gasteiger partial charge in [-0.3, -0.25) is 9.48 Å². The first-order valence-electron chi connectivity index (χ1n) is 4.89. The molecule has 2 aromatic rings. The number of nitrogens with zero attached hydrogens (tertiary/aromatic N) is 4. The summed E-state index contributed by atoms with van der Waals surface area (Å²) < 4.78 is 3.85. The summed E-state index contributed by atoms with van der Waals surface area (Å²) in [6.07, 6.45) is 1.64. The van der Waals surface area contributed by atoms with Gasteiger partial charge in [0, 0.05) is 16.7 Å². The number of aryl methyl sites for hydroxylation is 2. The lowest BCUT2D eigenvalue weighted by Crippen LogP contribution is -2.24. The zero-order valence-corrected chi connectivity index (χ0v) is 12.2. The van der Waals surface area contributed by atoms with Crippen molar-refractivity contribution in [2.45, 2.75) is 13.5 Å². The lowest BCUT2D eigenvalue weighted by molar-refractivity contribution is 0.589. The molecule has 2 heterocycles. The molecule has 0 saturated heterocycles. The topological polar surface area (TPSA) is 52.7 Å². The van der Waals surface area contributed by atoms with Gasteiger partial charge in [0.1, 0.15) is 0 Å². The maximum atomic E-state index is 11.7. The Morgan fingerprint density at radius 1 is 1.53 bits per heavy atom. The Labute approximate surface area is 117 Å². The molecule has 0 saturated carbocycles. The highest BCUT2D eigenvalue weighted by molar-refractivity contribution is 14.1. The fourth-order valence-electron chi connectivity index (χ4n) is 1.52. The van der Waals surface area contributed by atoms with Gasteiger partial charge in [0.05, 0.1) is 29.2 Å². The first kappa shape index (κ1) is 12.6. The quantitative estimate of drug-likeness (QED) is 0.761. The third kappa shape index (κ3) is 2.52. The van der Waals surface area contributed by atoms with Crippen LogP contribution in [-0.4, -0.2) is 19.6 Å². The Morgan fingerprint density at radius 3 is 2.76 bits per heavy atom. The molecule has 7 heteroatoms. The molecule has 2 rings (SSSR count). The fourth-order valence-corrected chi connectivity index (χ4v) is 2.13. The van der Waals surface area contributed by atoms with Crippen molar-refractivity contribution in [1.29, 1.82) is 0 Å². The molecule has 0 spiro atoms. The van der Waals surface area contributed by atoms with E-state index in [-0.39, 0.29) is 5.56 Å². The average molecular weight is 365 g/mol. The van der Waals surface area contributed by atoms with Gasteiger partial charge < -0.3 is 0 Å². The summed E-state index contributed by atoms with van der Waals surface area (Å²) in [6, 6.07) is 1.53. The molecule has 0 aliphatic carbocycles. The van der Waals surface area contributed by atoms with Crippen molar-refractivity contribution in [2.24, 2.45) is 7.05 Å². The zero-order chi connectivity index (χ0) is 12.6. The summed E-state index contributed by atoms with van der Waals surface area (Å²) in [5.74, 6) is 0. The van der Waals surface area contributed by atoms with Gasteiger partial charge in [-0.2, -0.15) is 10.2 Å². The van der Waals surface area contributed by atoms with E-state index >= 15 is 0 Å². The standard InChI is InChI=1S/C10H10ClIN4O/c1-6-10(11)8(15(2)14-6)5-16-9(17)3-7(12)4-13-16/h3-4H,5H2,1-2H3. The van der Waals surface area contributed by atoms with E-state index in [9.17, 15) is 4.79 Å². The van der Waals surface area contributed by atoms with Crippen LogP contribution in [0.4, 0.5) is 0 Å². The van der Waals surface area contributed by atoms with Crippen molar-refractivity contribution in [3.8, 4) is 0 Å². The van der Waals surface area contributed by atoms with E-state index in [0.717, 1.165) is 15.0 Å². The number of hydrogen-bond acceptors (Lipinski definition) is 3. The van der Waals surface area contributed by atoms with Crippen LogP contribution in [0.2, 0.25) is 5.02 Å². The Balaban J connectivity index is 2.41. The lowest BCUT2D eigenvalue weighted by atomic mass is 10.3. The van der Waals surface area contributed by atoms with E-state index in [0.29, 0.717) is 11.6 Å². The third-order valence-electron chi connectivity index (χ3n) is 2.40. The number of hydrogen-bond donors (Lipinski definition) is 0. The molecule has 0 bridgehead atoms. The largest absolute Gasteiger partial charge is 0.269 e. The number of rotatable bonds is 2. The lowest BCUT2D eigenvalue weighted by Gasteiger charge is -2.05. The first-order valence-corrected chi connectivity index (χ1v) is 6.35. The minimum atomic E-state index is -0.146. The molecule has 0 N–H and O–H groups in total. The van der Waals surface area contributed by atoms with Crippen molar-refractivity contribution in [3.05, 3.63) is 42.6 Å². The Kier molecular flexibility index (Phi) is 3.53. The molecular weight excluding hydrogens is 354 g/mol. The van der Waals surface area contributed by atoms with Crippen LogP contribution >= 0.6 is 34.2 Å². The second-order valence-electron chi connectivity index (χ2n) is 3.64. The van der Waals surface area contributed by atoms with Gasteiger partial charge in [-0.25, -0.2) is 4.68 Å². The molecule has 0 aromatic carbocycles. The van der Waals surface area contributed by atoms with Crippen LogP contribution in [0.1, 0.15) is 11.4 Å². The summed E-state index contributed by atoms with van der Waals surface area (Å²) in [4.78, 5) is 11.7. The highest BCUT2D eigenvalue weighted by atomic mass is 127. The van der Waals surface area contributed by atoms with Crippen molar-refractivity contribution in [3.63, 3.8) is 0 Å². The molecular formula is C10H10ClIN4O. The molecule has 5 nitrogen and oxygen atoms in total. The van der Waals surface area contributed by atoms with Crippen molar-refractivity contribution in [2.75, 3.05) is 0 Å². The van der Waals surface area contributed by atoms with Crippen LogP contribution in [0.3, 0.4) is 0 Å². The molecule has 17 heavy (non-hydrogen) atoms. The molecule has 0 aliphatic heterocycles. The highest BCUT2D eigenvalue weighted by Crippen LogP contribution is 2.19. The summed E-state index contributed by atoms with van der Waals surface area (Å²) in [7, 11) is 1.80. The Morgan fingerprint density at radius 2 is 2.24 bits per heavy atom. The van der Waals surface area contributed by atoms with E-state index in [4.69, 9.17) is 11.6 Å². The molecule has 0 atom stereocenters. The maximum absolute atomic E-state index is 11.7. The second kappa shape index (κ2) is 4.77. The smallest absolute Gasteiger partial charge is 0.268 e. The summed E-state index contributed by atoms with van der Waals surface area (Å²) in [5.41, 5.74) is 1.38. The summed E-state index contributed by atoms with van der Waals surface area (Å²) in [6.45, 7) is 2.15. The highest BCUT2D eigenvalue weighted by Gasteiger charge is 2.12. The molecule has 0 amide bonds. The van der Waals surface area contributed by atoms with Crippen LogP contribution in [0, 0.1) is 10.5 Å². The SMILES string of the molecule is Cc1nn(C)c(Cn2ncc(I)cc2=O)c1Cl. The van der Waals surface area contributed by atoms with E-state index in [1.165, 1.54) is 10.7 Å². The fraction of sp³-hybridized carbons (Fsp3) is 0.300. The number of aromatic nitrogens is 4. The van der Waals surface area contributed by atoms with Gasteiger partial charge in [0.25, 0.3) is 5.56 Å². The normalized spacial score (nSPS) is 10.8. The van der Waals surface area contributed by atoms with Gasteiger partial charge >= 0.3 is 0 Å². The Bertz CT molecular complexity index is 619. The van der Waals surface area contributed by atoms with Gasteiger partial charge in [-0.15, -0.1) is 0 Å². The molecule has 2 aromatic heterocycles. The van der Waals surface area contributed by atoms with Gasteiger partial charge in [0.15, 0.2) is 0 Å². The van der Waals surface area contributed by atoms with Crippen molar-refractivity contribution in [1.82, 2.24) is 19.6 Å². The monoisotopic (exact) mass is 364 g/mol. The third-order valence-corrected chi connectivity index (χ3v) is 3.48. The maximum Gasteiger partial charge on any atom is 0.268 e. The predicted octanol–water partition coefficient (Wildman–Crippen LogP) is 1.59. The average Bonchev–Trinajstić information content (AvgIpc) is 2.48. The molecule has 90 valence electrons. The molecule has 0 unspecified atom stereocenters. The van der Waals surface area contributed by atoms with Crippen LogP contribution < -0.4 is 5.56 Å². The molecule has 0 fully saturated rings. The summed E-state index contributed by atoms with van der Waals surface area (Å²) in [5, 5.41) is 8.84. The predicted molar refractivity (Wildman–Crippen MR) is 73.3 cm³/mol. The van der Waals surface area contributed by atoms with Crippen LogP contribution in [0.15, 0.2) is 17.1 Å². The van der Waals surface area contributed by atoms with E-state index < -0.39 is 0 Å². The Hall–Kier alpha value is -0.890. The van der Waals surface area contributed by atoms with E-state index in [1.54, 1.807) is 17.9 Å². The minimum absolute atomic E-state index is 0.146. The molecule has 0 aliphatic rings. The first-order chi connectivity index (χ1) is 7.99. The molecule has 0 radical (unpaired) electrons.